The van der Waals surface area contributed by atoms with Crippen molar-refractivity contribution in [3.05, 3.63) is 60.2 Å². The molecule has 5 nitrogen and oxygen atoms in total. The van der Waals surface area contributed by atoms with Crippen molar-refractivity contribution >= 4 is 16.3 Å². The van der Waals surface area contributed by atoms with E-state index < -0.39 is 10.2 Å². The van der Waals surface area contributed by atoms with E-state index in [-0.39, 0.29) is 5.82 Å². The third-order valence-corrected chi connectivity index (χ3v) is 2.97. The Labute approximate surface area is 121 Å². The molecule has 0 N–H and O–H groups in total. The van der Waals surface area contributed by atoms with Gasteiger partial charge in [-0.2, -0.15) is 4.40 Å². The van der Waals surface area contributed by atoms with E-state index >= 15 is 0 Å². The predicted octanol–water partition coefficient (Wildman–Crippen LogP) is -1.73. The van der Waals surface area contributed by atoms with Crippen LogP contribution in [0.15, 0.2) is 48.8 Å². The van der Waals surface area contributed by atoms with Crippen molar-refractivity contribution in [3.63, 3.8) is 0 Å². The van der Waals surface area contributed by atoms with Gasteiger partial charge >= 0.3 is 0 Å². The van der Waals surface area contributed by atoms with Crippen LogP contribution in [0.3, 0.4) is 0 Å². The molecule has 0 radical (unpaired) electrons. The molecule has 0 aliphatic heterocycles. The van der Waals surface area contributed by atoms with E-state index in [1.54, 1.807) is 6.07 Å². The third-order valence-electron chi connectivity index (χ3n) is 2.97. The van der Waals surface area contributed by atoms with E-state index in [0.29, 0.717) is 0 Å². The maximum Gasteiger partial charge on any atom is 0.214 e. The summed E-state index contributed by atoms with van der Waals surface area (Å²) < 4.78 is 49.2. The van der Waals surface area contributed by atoms with Gasteiger partial charge in [0, 0.05) is 28.5 Å². The molecule has 0 aliphatic rings. The number of hydrogen-bond acceptors (Lipinski definition) is 4. The molecule has 1 aromatic carbocycles. The number of aromatic nitrogens is 1. The fourth-order valence-electron chi connectivity index (χ4n) is 2.14. The van der Waals surface area contributed by atoms with E-state index in [4.69, 9.17) is 18.6 Å². The van der Waals surface area contributed by atoms with Gasteiger partial charge in [0.15, 0.2) is 12.4 Å². The van der Waals surface area contributed by atoms with Crippen LogP contribution >= 0.6 is 0 Å². The molecule has 21 heavy (non-hydrogen) atoms. The summed E-state index contributed by atoms with van der Waals surface area (Å²) in [5, 5.41) is 2.04. The summed E-state index contributed by atoms with van der Waals surface area (Å²) >= 11 is 0. The minimum Gasteiger partial charge on any atom is -0.222 e. The quantitative estimate of drug-likeness (QED) is 0.364. The van der Waals surface area contributed by atoms with Gasteiger partial charge in [0.25, 0.3) is 0 Å². The van der Waals surface area contributed by atoms with Crippen LogP contribution in [0.5, 0.6) is 0 Å². The molecule has 3 aromatic rings. The topological polar surface area (TPSA) is 96.3 Å². The summed E-state index contributed by atoms with van der Waals surface area (Å²) in [7, 11) is -4.94. The molecule has 7 heteroatoms. The molecule has 0 saturated carbocycles. The first kappa shape index (κ1) is 15.6. The van der Waals surface area contributed by atoms with Gasteiger partial charge in [0.2, 0.25) is 5.52 Å². The van der Waals surface area contributed by atoms with Gasteiger partial charge in [-0.1, -0.05) is 0 Å². The van der Waals surface area contributed by atoms with E-state index in [9.17, 15) is 4.39 Å². The molecule has 3 rings (SSSR count). The fourth-order valence-corrected chi connectivity index (χ4v) is 2.14. The van der Waals surface area contributed by atoms with Crippen LogP contribution in [-0.4, -0.2) is 0 Å². The van der Waals surface area contributed by atoms with Crippen molar-refractivity contribution in [3.8, 4) is 0 Å². The smallest absolute Gasteiger partial charge is 0.214 e. The fraction of sp³-hybridized carbons (Fsp3) is 0.0714. The summed E-state index contributed by atoms with van der Waals surface area (Å²) in [5.41, 5.74) is 2.22. The maximum absolute atomic E-state index is 13.2. The van der Waals surface area contributed by atoms with Crippen LogP contribution in [0.4, 0.5) is 4.39 Å². The van der Waals surface area contributed by atoms with Crippen molar-refractivity contribution in [1.82, 2.24) is 0 Å². The van der Waals surface area contributed by atoms with Crippen molar-refractivity contribution in [2.75, 3.05) is 0 Å². The molecule has 2 heterocycles. The highest BCUT2D eigenvalue weighted by Crippen LogP contribution is 2.20. The lowest BCUT2D eigenvalue weighted by molar-refractivity contribution is -2.00. The van der Waals surface area contributed by atoms with Gasteiger partial charge in [-0.05, 0) is 31.2 Å². The van der Waals surface area contributed by atoms with Gasteiger partial charge in [-0.3, -0.25) is 0 Å². The molecule has 0 atom stereocenters. The highest BCUT2D eigenvalue weighted by Gasteiger charge is 2.10. The Balaban J connectivity index is 0.000000282. The molecular weight excluding hydrogens is 301 g/mol. The zero-order valence-corrected chi connectivity index (χ0v) is 11.7. The van der Waals surface area contributed by atoms with Crippen LogP contribution in [0.25, 0.3) is 16.3 Å². The summed E-state index contributed by atoms with van der Waals surface area (Å²) in [6.45, 7) is 2.02. The van der Waals surface area contributed by atoms with Crippen LogP contribution < -0.4 is 23.0 Å². The Kier molecular flexibility index (Phi) is 4.36. The molecule has 2 aromatic heterocycles. The van der Waals surface area contributed by atoms with Crippen molar-refractivity contribution < 1.29 is 37.7 Å². The summed E-state index contributed by atoms with van der Waals surface area (Å²) in [6, 6.07) is 10.9. The second-order valence-electron chi connectivity index (χ2n) is 4.36. The van der Waals surface area contributed by atoms with Gasteiger partial charge in [-0.25, -0.2) is 23.0 Å². The van der Waals surface area contributed by atoms with Crippen LogP contribution in [0, 0.1) is 23.0 Å². The Bertz CT molecular complexity index is 783. The number of hydrogen-bond donors (Lipinski definition) is 0. The van der Waals surface area contributed by atoms with Gasteiger partial charge in [0.1, 0.15) is 5.82 Å². The second-order valence-corrected chi connectivity index (χ2v) is 5.11. The summed E-state index contributed by atoms with van der Waals surface area (Å²) in [4.78, 5) is 0. The zero-order chi connectivity index (χ0) is 15.6. The molecule has 0 saturated heterocycles. The Hall–Kier alpha value is -1.83. The normalized spacial score (nSPS) is 11.3. The average molecular weight is 312 g/mol. The second kappa shape index (κ2) is 5.88. The lowest BCUT2D eigenvalue weighted by Gasteiger charge is -2.17. The molecule has 0 spiro atoms. The Morgan fingerprint density at radius 2 is 1.71 bits per heavy atom. The molecule has 0 bridgehead atoms. The highest BCUT2D eigenvalue weighted by atomic mass is 35.7. The average Bonchev–Trinajstić information content (AvgIpc) is 2.38. The third kappa shape index (κ3) is 4.07. The lowest BCUT2D eigenvalue weighted by Crippen LogP contribution is -2.68. The maximum atomic E-state index is 13.2. The van der Waals surface area contributed by atoms with E-state index in [1.807, 2.05) is 43.6 Å². The SMILES string of the molecule is Cc1c2cc(F)ccc2c[n+]2ccccc12.[O-][Cl+3]([O-])([O-])[O-]. The van der Waals surface area contributed by atoms with Gasteiger partial charge in [0.05, 0.1) is 0 Å². The number of benzene rings is 1. The standard InChI is InChI=1S/C14H11FN.ClHO4/c1-10-13-8-12(15)6-5-11(13)9-16-7-3-2-4-14(10)16;2-1(3,4)5/h2-9H,1H3;(H,2,3,4,5)/q+1;/p-1. The largest absolute Gasteiger partial charge is 0.222 e. The van der Waals surface area contributed by atoms with Crippen LogP contribution in [-0.2, 0) is 0 Å². The van der Waals surface area contributed by atoms with E-state index in [2.05, 4.69) is 4.40 Å². The van der Waals surface area contributed by atoms with Crippen LogP contribution in [0.1, 0.15) is 5.56 Å². The van der Waals surface area contributed by atoms with Crippen molar-refractivity contribution in [2.24, 2.45) is 0 Å². The first-order chi connectivity index (χ1) is 9.75. The number of pyridine rings is 2. The molecule has 0 aliphatic carbocycles. The van der Waals surface area contributed by atoms with Gasteiger partial charge in [-0.15, -0.1) is 10.2 Å². The monoisotopic (exact) mass is 311 g/mol. The number of fused-ring (bicyclic) bond motifs is 2. The molecular formula is C14H11ClFNO4. The Morgan fingerprint density at radius 1 is 1.05 bits per heavy atom. The molecule has 0 fully saturated rings. The summed E-state index contributed by atoms with van der Waals surface area (Å²) in [5.74, 6) is -0.184. The van der Waals surface area contributed by atoms with Gasteiger partial charge < -0.3 is 0 Å². The minimum absolute atomic E-state index is 0.184. The van der Waals surface area contributed by atoms with Crippen LogP contribution in [0.2, 0.25) is 0 Å². The zero-order valence-electron chi connectivity index (χ0n) is 11.0. The first-order valence-corrected chi connectivity index (χ1v) is 7.10. The predicted molar refractivity (Wildman–Crippen MR) is 61.8 cm³/mol. The van der Waals surface area contributed by atoms with Crippen molar-refractivity contribution in [2.45, 2.75) is 6.92 Å². The number of halogens is 2. The van der Waals surface area contributed by atoms with E-state index in [0.717, 1.165) is 21.9 Å². The number of aryl methyl sites for hydroxylation is 1. The number of rotatable bonds is 0. The van der Waals surface area contributed by atoms with Crippen molar-refractivity contribution in [1.29, 1.82) is 0 Å². The Morgan fingerprint density at radius 3 is 2.38 bits per heavy atom. The lowest BCUT2D eigenvalue weighted by atomic mass is 10.1. The molecule has 0 amide bonds. The minimum atomic E-state index is -4.94. The number of nitrogens with zero attached hydrogens (tertiary/aromatic N) is 1. The van der Waals surface area contributed by atoms with E-state index in [1.165, 1.54) is 6.07 Å². The molecule has 110 valence electrons. The summed E-state index contributed by atoms with van der Waals surface area (Å²) in [6.07, 6.45) is 4.03. The highest BCUT2D eigenvalue weighted by molar-refractivity contribution is 5.87. The molecule has 0 unspecified atom stereocenters. The first-order valence-electron chi connectivity index (χ1n) is 5.86.